The zero-order valence-electron chi connectivity index (χ0n) is 10.6. The van der Waals surface area contributed by atoms with Crippen LogP contribution in [0.2, 0.25) is 0 Å². The van der Waals surface area contributed by atoms with Gasteiger partial charge in [-0.1, -0.05) is 36.4 Å². The number of rotatable bonds is 2. The van der Waals surface area contributed by atoms with Gasteiger partial charge in [0.2, 0.25) is 0 Å². The fraction of sp³-hybridized carbons (Fsp3) is 0.200. The van der Waals surface area contributed by atoms with E-state index >= 15 is 0 Å². The van der Waals surface area contributed by atoms with Crippen molar-refractivity contribution in [1.29, 1.82) is 0 Å². The molecule has 0 aliphatic carbocycles. The van der Waals surface area contributed by atoms with E-state index in [0.717, 1.165) is 19.5 Å². The third-order valence-electron chi connectivity index (χ3n) is 3.25. The fourth-order valence-corrected chi connectivity index (χ4v) is 4.81. The summed E-state index contributed by atoms with van der Waals surface area (Å²) in [5.41, 5.74) is 2.42. The Morgan fingerprint density at radius 3 is 1.58 bits per heavy atom. The molecule has 1 aliphatic rings. The maximum atomic E-state index is 6.73. The van der Waals surface area contributed by atoms with Gasteiger partial charge in [-0.25, -0.2) is 0 Å². The first-order chi connectivity index (χ1) is 9.36. The van der Waals surface area contributed by atoms with Crippen molar-refractivity contribution in [2.45, 2.75) is 6.42 Å². The predicted octanol–water partition coefficient (Wildman–Crippen LogP) is 4.87. The molecule has 3 rings (SSSR count). The second-order valence-electron chi connectivity index (χ2n) is 4.51. The van der Waals surface area contributed by atoms with Gasteiger partial charge in [0.1, 0.15) is 0 Å². The van der Waals surface area contributed by atoms with Crippen LogP contribution in [0, 0.1) is 0 Å². The molecule has 0 amide bonds. The lowest BCUT2D eigenvalue weighted by molar-refractivity contribution is 0.806. The average Bonchev–Trinajstić information content (AvgIpc) is 2.49. The summed E-state index contributed by atoms with van der Waals surface area (Å²) in [5.74, 6) is 0. The number of halogens is 1. The number of benzene rings is 2. The largest absolute Gasteiger partial charge is 0.321 e. The van der Waals surface area contributed by atoms with Gasteiger partial charge in [0.05, 0.1) is 0 Å². The van der Waals surface area contributed by atoms with Gasteiger partial charge in [-0.2, -0.15) is 0 Å². The Hall–Kier alpha value is -1.24. The van der Waals surface area contributed by atoms with Crippen LogP contribution in [0.1, 0.15) is 6.42 Å². The van der Waals surface area contributed by atoms with Gasteiger partial charge in [0.15, 0.2) is 7.58 Å². The fourth-order valence-electron chi connectivity index (χ4n) is 2.31. The van der Waals surface area contributed by atoms with Crippen LogP contribution in [0.4, 0.5) is 11.4 Å². The number of nitrogens with zero attached hydrogens (tertiary/aromatic N) is 2. The molecule has 0 spiro atoms. The summed E-state index contributed by atoms with van der Waals surface area (Å²) in [5, 5.41) is 0. The van der Waals surface area contributed by atoms with E-state index in [4.69, 9.17) is 11.2 Å². The zero-order chi connectivity index (χ0) is 13.1. The highest BCUT2D eigenvalue weighted by Gasteiger charge is 2.28. The van der Waals surface area contributed by atoms with E-state index < -0.39 is 7.58 Å². The quantitative estimate of drug-likeness (QED) is 0.728. The lowest BCUT2D eigenvalue weighted by atomic mass is 10.3. The molecule has 0 saturated carbocycles. The van der Waals surface area contributed by atoms with E-state index in [1.165, 1.54) is 11.4 Å². The van der Waals surface area contributed by atoms with Gasteiger partial charge in [-0.15, -0.1) is 0 Å². The lowest BCUT2D eigenvalue weighted by Gasteiger charge is -2.41. The third-order valence-corrected chi connectivity index (χ3v) is 6.00. The second kappa shape index (κ2) is 5.81. The molecule has 2 nitrogen and oxygen atoms in total. The SMILES string of the molecule is ClP1N(c2ccccc2)CCCN1c1ccccc1. The van der Waals surface area contributed by atoms with Gasteiger partial charge in [0, 0.05) is 24.5 Å². The Bertz CT molecular complexity index is 473. The van der Waals surface area contributed by atoms with Crippen molar-refractivity contribution >= 4 is 30.2 Å². The molecule has 0 N–H and O–H groups in total. The molecule has 0 bridgehead atoms. The molecule has 19 heavy (non-hydrogen) atoms. The van der Waals surface area contributed by atoms with Gasteiger partial charge < -0.3 is 9.34 Å². The summed E-state index contributed by atoms with van der Waals surface area (Å²) in [4.78, 5) is 0. The second-order valence-corrected chi connectivity index (χ2v) is 6.87. The molecule has 1 heterocycles. The molecular formula is C15H16ClN2P. The van der Waals surface area contributed by atoms with Gasteiger partial charge in [-0.3, -0.25) is 0 Å². The first-order valence-electron chi connectivity index (χ1n) is 6.47. The minimum absolute atomic E-state index is 0.832. The van der Waals surface area contributed by atoms with E-state index in [0.29, 0.717) is 0 Å². The van der Waals surface area contributed by atoms with Crippen LogP contribution < -0.4 is 9.34 Å². The van der Waals surface area contributed by atoms with Crippen molar-refractivity contribution in [2.24, 2.45) is 0 Å². The molecule has 1 fully saturated rings. The first kappa shape index (κ1) is 12.8. The average molecular weight is 291 g/mol. The Labute approximate surface area is 120 Å². The van der Waals surface area contributed by atoms with E-state index in [1.807, 2.05) is 12.1 Å². The first-order valence-corrected chi connectivity index (χ1v) is 8.62. The van der Waals surface area contributed by atoms with E-state index in [1.54, 1.807) is 0 Å². The van der Waals surface area contributed by atoms with Crippen molar-refractivity contribution in [3.63, 3.8) is 0 Å². The molecule has 2 aromatic rings. The molecule has 0 unspecified atom stereocenters. The smallest absolute Gasteiger partial charge is 0.197 e. The Kier molecular flexibility index (Phi) is 3.91. The number of anilines is 2. The van der Waals surface area contributed by atoms with Crippen LogP contribution in [0.3, 0.4) is 0 Å². The van der Waals surface area contributed by atoms with Crippen LogP contribution in [-0.4, -0.2) is 13.1 Å². The minimum atomic E-state index is -0.832. The molecule has 1 aliphatic heterocycles. The zero-order valence-corrected chi connectivity index (χ0v) is 12.3. The van der Waals surface area contributed by atoms with Crippen molar-refractivity contribution in [3.8, 4) is 0 Å². The van der Waals surface area contributed by atoms with Crippen LogP contribution in [-0.2, 0) is 0 Å². The van der Waals surface area contributed by atoms with Crippen LogP contribution in [0.15, 0.2) is 60.7 Å². The highest BCUT2D eigenvalue weighted by atomic mass is 35.7. The van der Waals surface area contributed by atoms with E-state index in [2.05, 4.69) is 57.9 Å². The van der Waals surface area contributed by atoms with Crippen LogP contribution >= 0.6 is 18.8 Å². The molecule has 4 heteroatoms. The maximum Gasteiger partial charge on any atom is 0.197 e. The number of hydrogen-bond donors (Lipinski definition) is 0. The van der Waals surface area contributed by atoms with Crippen LogP contribution in [0.5, 0.6) is 0 Å². The third kappa shape index (κ3) is 2.70. The highest BCUT2D eigenvalue weighted by Crippen LogP contribution is 2.55. The summed E-state index contributed by atoms with van der Waals surface area (Å²) in [6.07, 6.45) is 1.13. The minimum Gasteiger partial charge on any atom is -0.321 e. The highest BCUT2D eigenvalue weighted by molar-refractivity contribution is 7.86. The summed E-state index contributed by atoms with van der Waals surface area (Å²) in [6.45, 7) is 2.06. The Balaban J connectivity index is 1.86. The molecule has 0 aromatic heterocycles. The molecule has 2 aromatic carbocycles. The topological polar surface area (TPSA) is 6.48 Å². The molecule has 1 saturated heterocycles. The predicted molar refractivity (Wildman–Crippen MR) is 85.0 cm³/mol. The number of hydrogen-bond acceptors (Lipinski definition) is 2. The molecule has 0 radical (unpaired) electrons. The van der Waals surface area contributed by atoms with Crippen LogP contribution in [0.25, 0.3) is 0 Å². The Morgan fingerprint density at radius 2 is 1.16 bits per heavy atom. The van der Waals surface area contributed by atoms with Crippen molar-refractivity contribution in [2.75, 3.05) is 22.4 Å². The number of para-hydroxylation sites is 2. The summed E-state index contributed by atoms with van der Waals surface area (Å²) in [7, 11) is -0.832. The maximum absolute atomic E-state index is 6.73. The van der Waals surface area contributed by atoms with Gasteiger partial charge >= 0.3 is 0 Å². The Morgan fingerprint density at radius 1 is 0.737 bits per heavy atom. The van der Waals surface area contributed by atoms with E-state index in [-0.39, 0.29) is 0 Å². The summed E-state index contributed by atoms with van der Waals surface area (Å²) >= 11 is 6.73. The van der Waals surface area contributed by atoms with Crippen molar-refractivity contribution in [3.05, 3.63) is 60.7 Å². The molecular weight excluding hydrogens is 275 g/mol. The molecule has 98 valence electrons. The standard InChI is InChI=1S/C15H16ClN2P/c16-19-17(14-8-3-1-4-9-14)12-7-13-18(19)15-10-5-2-6-11-15/h1-6,8-11H,7,12-13H2. The lowest BCUT2D eigenvalue weighted by Crippen LogP contribution is -2.34. The summed E-state index contributed by atoms with van der Waals surface area (Å²) < 4.78 is 4.63. The van der Waals surface area contributed by atoms with E-state index in [9.17, 15) is 0 Å². The van der Waals surface area contributed by atoms with Gasteiger partial charge in [-0.05, 0) is 41.9 Å². The molecule has 0 atom stereocenters. The van der Waals surface area contributed by atoms with Crippen molar-refractivity contribution in [1.82, 2.24) is 0 Å². The monoisotopic (exact) mass is 290 g/mol. The summed E-state index contributed by atoms with van der Waals surface area (Å²) in [6, 6.07) is 20.9. The van der Waals surface area contributed by atoms with Crippen molar-refractivity contribution < 1.29 is 0 Å². The van der Waals surface area contributed by atoms with Gasteiger partial charge in [0.25, 0.3) is 0 Å². The normalized spacial score (nSPS) is 16.7.